The fourth-order valence-corrected chi connectivity index (χ4v) is 2.28. The van der Waals surface area contributed by atoms with Crippen molar-refractivity contribution >= 4 is 10.9 Å². The summed E-state index contributed by atoms with van der Waals surface area (Å²) >= 11 is 0. The molecule has 0 unspecified atom stereocenters. The number of H-pyrrole nitrogens is 1. The van der Waals surface area contributed by atoms with Crippen LogP contribution < -0.4 is 5.32 Å². The second kappa shape index (κ2) is 6.30. The number of hydrogen-bond donors (Lipinski definition) is 2. The zero-order chi connectivity index (χ0) is 13.6. The zero-order valence-electron chi connectivity index (χ0n) is 11.3. The lowest BCUT2D eigenvalue weighted by molar-refractivity contribution is 0.641. The third kappa shape index (κ3) is 3.22. The normalized spacial score (nSPS) is 11.0. The van der Waals surface area contributed by atoms with Crippen molar-refractivity contribution < 1.29 is 0 Å². The smallest absolute Gasteiger partial charge is 0.106 e. The standard InChI is InChI=1S/C16H18N4/c1-3-14-11-13(5-6-15(14)18-8-1)12-17-7-2-4-16-19-9-10-20-16/h1,3,5-6,8-11,17H,2,4,7,12H2,(H,19,20). The van der Waals surface area contributed by atoms with Crippen LogP contribution in [-0.2, 0) is 13.0 Å². The van der Waals surface area contributed by atoms with E-state index in [-0.39, 0.29) is 0 Å². The molecule has 2 heterocycles. The predicted octanol–water partition coefficient (Wildman–Crippen LogP) is 2.68. The fourth-order valence-electron chi connectivity index (χ4n) is 2.28. The summed E-state index contributed by atoms with van der Waals surface area (Å²) < 4.78 is 0. The Morgan fingerprint density at radius 2 is 2.10 bits per heavy atom. The largest absolute Gasteiger partial charge is 0.349 e. The van der Waals surface area contributed by atoms with Gasteiger partial charge in [0.25, 0.3) is 0 Å². The van der Waals surface area contributed by atoms with Gasteiger partial charge in [-0.15, -0.1) is 0 Å². The van der Waals surface area contributed by atoms with Crippen LogP contribution in [-0.4, -0.2) is 21.5 Å². The molecule has 3 rings (SSSR count). The van der Waals surface area contributed by atoms with Crippen LogP contribution in [0.2, 0.25) is 0 Å². The van der Waals surface area contributed by atoms with Gasteiger partial charge in [-0.3, -0.25) is 4.98 Å². The minimum Gasteiger partial charge on any atom is -0.349 e. The number of pyridine rings is 1. The van der Waals surface area contributed by atoms with Crippen molar-refractivity contribution in [3.8, 4) is 0 Å². The molecule has 0 amide bonds. The van der Waals surface area contributed by atoms with E-state index >= 15 is 0 Å². The van der Waals surface area contributed by atoms with E-state index in [9.17, 15) is 0 Å². The first-order valence-electron chi connectivity index (χ1n) is 6.94. The summed E-state index contributed by atoms with van der Waals surface area (Å²) in [7, 11) is 0. The lowest BCUT2D eigenvalue weighted by Gasteiger charge is -2.05. The number of benzene rings is 1. The Kier molecular flexibility index (Phi) is 4.04. The lowest BCUT2D eigenvalue weighted by atomic mass is 10.1. The highest BCUT2D eigenvalue weighted by Gasteiger charge is 1.98. The molecule has 2 aromatic heterocycles. The number of aromatic amines is 1. The minimum atomic E-state index is 0.892. The van der Waals surface area contributed by atoms with Crippen LogP contribution in [0.25, 0.3) is 10.9 Å². The van der Waals surface area contributed by atoms with Crippen LogP contribution >= 0.6 is 0 Å². The third-order valence-electron chi connectivity index (χ3n) is 3.32. The fraction of sp³-hybridized carbons (Fsp3) is 0.250. The monoisotopic (exact) mass is 266 g/mol. The molecule has 1 aromatic carbocycles. The van der Waals surface area contributed by atoms with Crippen molar-refractivity contribution in [1.29, 1.82) is 0 Å². The van der Waals surface area contributed by atoms with Crippen LogP contribution in [0.1, 0.15) is 17.8 Å². The molecule has 0 radical (unpaired) electrons. The van der Waals surface area contributed by atoms with Gasteiger partial charge in [-0.1, -0.05) is 12.1 Å². The number of hydrogen-bond acceptors (Lipinski definition) is 3. The number of nitrogens with zero attached hydrogens (tertiary/aromatic N) is 2. The summed E-state index contributed by atoms with van der Waals surface area (Å²) in [4.78, 5) is 11.7. The molecule has 4 nitrogen and oxygen atoms in total. The van der Waals surface area contributed by atoms with Gasteiger partial charge < -0.3 is 10.3 Å². The predicted molar refractivity (Wildman–Crippen MR) is 80.4 cm³/mol. The van der Waals surface area contributed by atoms with Crippen LogP contribution in [0.4, 0.5) is 0 Å². The molecular formula is C16H18N4. The summed E-state index contributed by atoms with van der Waals surface area (Å²) in [5, 5.41) is 4.66. The average molecular weight is 266 g/mol. The maximum absolute atomic E-state index is 4.33. The Hall–Kier alpha value is -2.20. The summed E-state index contributed by atoms with van der Waals surface area (Å²) in [5.41, 5.74) is 2.34. The highest BCUT2D eigenvalue weighted by Crippen LogP contribution is 2.13. The van der Waals surface area contributed by atoms with Crippen molar-refractivity contribution in [2.75, 3.05) is 6.54 Å². The first-order chi connectivity index (χ1) is 9.92. The molecule has 0 atom stereocenters. The van der Waals surface area contributed by atoms with Crippen LogP contribution in [0.5, 0.6) is 0 Å². The Morgan fingerprint density at radius 1 is 1.10 bits per heavy atom. The van der Waals surface area contributed by atoms with E-state index in [1.165, 1.54) is 10.9 Å². The molecule has 4 heteroatoms. The maximum atomic E-state index is 4.33. The molecule has 0 aliphatic heterocycles. The van der Waals surface area contributed by atoms with E-state index < -0.39 is 0 Å². The van der Waals surface area contributed by atoms with E-state index in [0.29, 0.717) is 0 Å². The van der Waals surface area contributed by atoms with Gasteiger partial charge in [0, 0.05) is 36.9 Å². The van der Waals surface area contributed by atoms with Gasteiger partial charge in [0.2, 0.25) is 0 Å². The summed E-state index contributed by atoms with van der Waals surface area (Å²) in [6, 6.07) is 10.5. The van der Waals surface area contributed by atoms with Crippen molar-refractivity contribution in [3.05, 3.63) is 60.3 Å². The summed E-state index contributed by atoms with van der Waals surface area (Å²) in [6.45, 7) is 1.88. The average Bonchev–Trinajstić information content (AvgIpc) is 3.00. The van der Waals surface area contributed by atoms with E-state index in [4.69, 9.17) is 0 Å². The van der Waals surface area contributed by atoms with Gasteiger partial charge in [0.1, 0.15) is 5.82 Å². The van der Waals surface area contributed by atoms with Crippen LogP contribution in [0, 0.1) is 0 Å². The molecule has 0 aliphatic rings. The second-order valence-electron chi connectivity index (χ2n) is 4.85. The van der Waals surface area contributed by atoms with E-state index in [1.54, 1.807) is 6.20 Å². The molecule has 0 bridgehead atoms. The molecule has 0 saturated carbocycles. The molecule has 3 aromatic rings. The molecule has 0 aliphatic carbocycles. The lowest BCUT2D eigenvalue weighted by Crippen LogP contribution is -2.15. The van der Waals surface area contributed by atoms with Gasteiger partial charge in [-0.05, 0) is 36.7 Å². The molecule has 0 spiro atoms. The van der Waals surface area contributed by atoms with Crippen molar-refractivity contribution in [1.82, 2.24) is 20.3 Å². The molecule has 0 fully saturated rings. The number of imidazole rings is 1. The Morgan fingerprint density at radius 3 is 3.00 bits per heavy atom. The Balaban J connectivity index is 1.47. The van der Waals surface area contributed by atoms with E-state index in [0.717, 1.165) is 37.3 Å². The van der Waals surface area contributed by atoms with Gasteiger partial charge >= 0.3 is 0 Å². The van der Waals surface area contributed by atoms with Crippen molar-refractivity contribution in [2.24, 2.45) is 0 Å². The van der Waals surface area contributed by atoms with Crippen molar-refractivity contribution in [3.63, 3.8) is 0 Å². The zero-order valence-corrected chi connectivity index (χ0v) is 11.3. The number of aryl methyl sites for hydroxylation is 1. The number of nitrogens with one attached hydrogen (secondary N) is 2. The maximum Gasteiger partial charge on any atom is 0.106 e. The highest BCUT2D eigenvalue weighted by atomic mass is 14.9. The quantitative estimate of drug-likeness (QED) is 0.674. The molecule has 102 valence electrons. The molecule has 2 N–H and O–H groups in total. The van der Waals surface area contributed by atoms with E-state index in [2.05, 4.69) is 44.5 Å². The number of fused-ring (bicyclic) bond motifs is 1. The molecule has 20 heavy (non-hydrogen) atoms. The van der Waals surface area contributed by atoms with Crippen LogP contribution in [0.15, 0.2) is 48.9 Å². The Bertz CT molecular complexity index is 661. The van der Waals surface area contributed by atoms with E-state index in [1.807, 2.05) is 18.5 Å². The molecular weight excluding hydrogens is 248 g/mol. The van der Waals surface area contributed by atoms with Gasteiger partial charge in [-0.2, -0.15) is 0 Å². The number of aromatic nitrogens is 3. The van der Waals surface area contributed by atoms with Crippen molar-refractivity contribution in [2.45, 2.75) is 19.4 Å². The highest BCUT2D eigenvalue weighted by molar-refractivity contribution is 5.78. The van der Waals surface area contributed by atoms with Crippen LogP contribution in [0.3, 0.4) is 0 Å². The summed E-state index contributed by atoms with van der Waals surface area (Å²) in [5.74, 6) is 1.06. The Labute approximate surface area is 118 Å². The van der Waals surface area contributed by atoms with Gasteiger partial charge in [-0.25, -0.2) is 4.98 Å². The first kappa shape index (κ1) is 12.8. The van der Waals surface area contributed by atoms with Gasteiger partial charge in [0.15, 0.2) is 0 Å². The first-order valence-corrected chi connectivity index (χ1v) is 6.94. The topological polar surface area (TPSA) is 53.6 Å². The van der Waals surface area contributed by atoms with Gasteiger partial charge in [0.05, 0.1) is 5.52 Å². The SMILES string of the molecule is c1cnc2ccc(CNCCCc3ncc[nH]3)cc2c1. The minimum absolute atomic E-state index is 0.892. The summed E-state index contributed by atoms with van der Waals surface area (Å²) in [6.07, 6.45) is 7.57. The molecule has 0 saturated heterocycles. The second-order valence-corrected chi connectivity index (χ2v) is 4.85. The number of rotatable bonds is 6. The third-order valence-corrected chi connectivity index (χ3v) is 3.32.